The minimum Gasteiger partial charge on any atom is -0.544 e. The lowest BCUT2D eigenvalue weighted by Crippen LogP contribution is -2.53. The molecule has 0 aliphatic carbocycles. The van der Waals surface area contributed by atoms with Gasteiger partial charge in [0.25, 0.3) is 0 Å². The van der Waals surface area contributed by atoms with Gasteiger partial charge in [0.1, 0.15) is 5.97 Å². The van der Waals surface area contributed by atoms with Crippen LogP contribution in [0.25, 0.3) is 0 Å². The van der Waals surface area contributed by atoms with Gasteiger partial charge in [-0.15, -0.1) is 0 Å². The van der Waals surface area contributed by atoms with E-state index in [9.17, 15) is 28.3 Å². The molecule has 1 atom stereocenters. The zero-order chi connectivity index (χ0) is 22.4. The van der Waals surface area contributed by atoms with Crippen molar-refractivity contribution in [2.24, 2.45) is 11.8 Å². The maximum atomic E-state index is 13.8. The largest absolute Gasteiger partial charge is 0.544 e. The van der Waals surface area contributed by atoms with Gasteiger partial charge in [-0.3, -0.25) is 4.79 Å². The number of carbonyl (C=O) groups is 3. The third kappa shape index (κ3) is 6.38. The first-order valence-electron chi connectivity index (χ1n) is 8.69. The maximum Gasteiger partial charge on any atom is 0.338 e. The molecule has 1 aromatic rings. The summed E-state index contributed by atoms with van der Waals surface area (Å²) in [5.41, 5.74) is -0.222. The van der Waals surface area contributed by atoms with E-state index in [0.29, 0.717) is 0 Å². The second-order valence-electron chi connectivity index (χ2n) is 6.77. The van der Waals surface area contributed by atoms with Crippen LogP contribution in [0.15, 0.2) is 18.2 Å². The van der Waals surface area contributed by atoms with E-state index >= 15 is 0 Å². The van der Waals surface area contributed by atoms with Crippen molar-refractivity contribution in [2.45, 2.75) is 39.7 Å². The SMILES string of the molecule is COCOc1cc(C(=O)OC(C(C)C)C(F)(F)C(=O)[O-])ccc1OC(=O)C(C)C. The fourth-order valence-corrected chi connectivity index (χ4v) is 2.11. The summed E-state index contributed by atoms with van der Waals surface area (Å²) in [5, 5.41) is 10.7. The monoisotopic (exact) mass is 417 g/mol. The van der Waals surface area contributed by atoms with Crippen LogP contribution in [0.4, 0.5) is 8.78 Å². The smallest absolute Gasteiger partial charge is 0.338 e. The third-order valence-electron chi connectivity index (χ3n) is 3.66. The molecule has 0 aliphatic heterocycles. The molecule has 0 amide bonds. The van der Waals surface area contributed by atoms with E-state index in [1.54, 1.807) is 13.8 Å². The number of hydrogen-bond donors (Lipinski definition) is 0. The van der Waals surface area contributed by atoms with Crippen LogP contribution in [0.3, 0.4) is 0 Å². The van der Waals surface area contributed by atoms with Crippen LogP contribution in [0.2, 0.25) is 0 Å². The third-order valence-corrected chi connectivity index (χ3v) is 3.66. The Labute approximate surface area is 166 Å². The average Bonchev–Trinajstić information content (AvgIpc) is 2.64. The molecule has 0 aliphatic rings. The Kier molecular flexibility index (Phi) is 8.50. The Bertz CT molecular complexity index is 746. The highest BCUT2D eigenvalue weighted by molar-refractivity contribution is 5.91. The Morgan fingerprint density at radius 1 is 1.10 bits per heavy atom. The molecule has 0 spiro atoms. The van der Waals surface area contributed by atoms with E-state index in [1.807, 2.05) is 0 Å². The van der Waals surface area contributed by atoms with Gasteiger partial charge in [0.05, 0.1) is 11.5 Å². The van der Waals surface area contributed by atoms with Crippen molar-refractivity contribution in [2.75, 3.05) is 13.9 Å². The number of esters is 2. The molecule has 29 heavy (non-hydrogen) atoms. The second-order valence-corrected chi connectivity index (χ2v) is 6.77. The van der Waals surface area contributed by atoms with Gasteiger partial charge in [-0.2, -0.15) is 8.78 Å². The van der Waals surface area contributed by atoms with Crippen LogP contribution >= 0.6 is 0 Å². The zero-order valence-corrected chi connectivity index (χ0v) is 16.7. The van der Waals surface area contributed by atoms with E-state index in [1.165, 1.54) is 33.1 Å². The number of carboxylic acids is 1. The molecule has 0 radical (unpaired) electrons. The van der Waals surface area contributed by atoms with Crippen molar-refractivity contribution >= 4 is 17.9 Å². The Morgan fingerprint density at radius 3 is 2.21 bits per heavy atom. The van der Waals surface area contributed by atoms with Crippen molar-refractivity contribution in [1.82, 2.24) is 0 Å². The van der Waals surface area contributed by atoms with Crippen LogP contribution in [0.1, 0.15) is 38.1 Å². The topological polar surface area (TPSA) is 111 Å². The summed E-state index contributed by atoms with van der Waals surface area (Å²) in [4.78, 5) is 34.9. The van der Waals surface area contributed by atoms with E-state index in [2.05, 4.69) is 0 Å². The summed E-state index contributed by atoms with van der Waals surface area (Å²) in [5.74, 6) is -10.3. The number of ether oxygens (including phenoxy) is 4. The van der Waals surface area contributed by atoms with Gasteiger partial charge in [-0.1, -0.05) is 27.7 Å². The summed E-state index contributed by atoms with van der Waals surface area (Å²) in [6, 6.07) is 3.50. The number of carbonyl (C=O) groups excluding carboxylic acids is 3. The summed E-state index contributed by atoms with van der Waals surface area (Å²) >= 11 is 0. The number of methoxy groups -OCH3 is 1. The van der Waals surface area contributed by atoms with Gasteiger partial charge in [0.2, 0.25) is 0 Å². The van der Waals surface area contributed by atoms with Gasteiger partial charge in [-0.05, 0) is 24.1 Å². The molecule has 1 rings (SSSR count). The first kappa shape index (κ1) is 24.3. The molecule has 0 heterocycles. The minimum atomic E-state index is -4.38. The molecule has 0 aromatic heterocycles. The van der Waals surface area contributed by atoms with Gasteiger partial charge < -0.3 is 28.8 Å². The second kappa shape index (κ2) is 10.1. The Hall–Kier alpha value is -2.75. The van der Waals surface area contributed by atoms with Crippen molar-refractivity contribution in [3.8, 4) is 11.5 Å². The van der Waals surface area contributed by atoms with Crippen molar-refractivity contribution in [1.29, 1.82) is 0 Å². The number of halogens is 2. The van der Waals surface area contributed by atoms with Crippen molar-refractivity contribution in [3.63, 3.8) is 0 Å². The molecule has 0 N–H and O–H groups in total. The summed E-state index contributed by atoms with van der Waals surface area (Å²) in [7, 11) is 1.34. The molecule has 0 fully saturated rings. The number of rotatable bonds is 10. The van der Waals surface area contributed by atoms with E-state index in [0.717, 1.165) is 6.07 Å². The van der Waals surface area contributed by atoms with Gasteiger partial charge in [0.15, 0.2) is 24.4 Å². The normalized spacial score (nSPS) is 12.6. The van der Waals surface area contributed by atoms with Crippen LogP contribution in [0, 0.1) is 11.8 Å². The summed E-state index contributed by atoms with van der Waals surface area (Å²) < 4.78 is 47.6. The highest BCUT2D eigenvalue weighted by Crippen LogP contribution is 2.31. The van der Waals surface area contributed by atoms with Crippen LogP contribution in [-0.4, -0.2) is 43.8 Å². The maximum absolute atomic E-state index is 13.8. The quantitative estimate of drug-likeness (QED) is 0.322. The molecule has 0 saturated heterocycles. The number of alkyl halides is 2. The van der Waals surface area contributed by atoms with E-state index in [-0.39, 0.29) is 23.9 Å². The molecule has 162 valence electrons. The molecular formula is C19H23F2O8-. The van der Waals surface area contributed by atoms with Crippen LogP contribution in [0.5, 0.6) is 11.5 Å². The lowest BCUT2D eigenvalue weighted by atomic mass is 10.0. The fourth-order valence-electron chi connectivity index (χ4n) is 2.11. The Balaban J connectivity index is 3.17. The highest BCUT2D eigenvalue weighted by Gasteiger charge is 2.46. The number of benzene rings is 1. The van der Waals surface area contributed by atoms with Gasteiger partial charge in [0, 0.05) is 7.11 Å². The summed E-state index contributed by atoms with van der Waals surface area (Å²) in [6.45, 7) is 5.54. The fraction of sp³-hybridized carbons (Fsp3) is 0.526. The summed E-state index contributed by atoms with van der Waals surface area (Å²) in [6.07, 6.45) is -2.25. The number of carboxylic acid groups (broad SMARTS) is 1. The number of hydrogen-bond acceptors (Lipinski definition) is 8. The van der Waals surface area contributed by atoms with E-state index < -0.39 is 41.8 Å². The first-order chi connectivity index (χ1) is 13.4. The van der Waals surface area contributed by atoms with Crippen LogP contribution in [-0.2, 0) is 19.1 Å². The van der Waals surface area contributed by atoms with Crippen LogP contribution < -0.4 is 14.6 Å². The molecular weight excluding hydrogens is 394 g/mol. The lowest BCUT2D eigenvalue weighted by Gasteiger charge is -2.30. The minimum absolute atomic E-state index is 0.0159. The highest BCUT2D eigenvalue weighted by atomic mass is 19.3. The standard InChI is InChI=1S/C19H24F2O8/c1-10(2)15(19(20,21)18(24)25)29-17(23)12-6-7-13(28-16(22)11(3)4)14(8-12)27-9-26-5/h6-8,10-11,15H,9H2,1-5H3,(H,24,25)/p-1. The first-order valence-corrected chi connectivity index (χ1v) is 8.69. The molecule has 0 bridgehead atoms. The van der Waals surface area contributed by atoms with Crippen molar-refractivity contribution < 1.29 is 47.2 Å². The predicted octanol–water partition coefficient (Wildman–Crippen LogP) is 1.80. The zero-order valence-electron chi connectivity index (χ0n) is 16.7. The lowest BCUT2D eigenvalue weighted by molar-refractivity contribution is -0.337. The molecule has 0 saturated carbocycles. The average molecular weight is 417 g/mol. The molecule has 1 unspecified atom stereocenters. The van der Waals surface area contributed by atoms with Gasteiger partial charge >= 0.3 is 17.9 Å². The number of aliphatic carboxylic acids is 1. The molecule has 10 heteroatoms. The molecule has 8 nitrogen and oxygen atoms in total. The molecule has 1 aromatic carbocycles. The van der Waals surface area contributed by atoms with Gasteiger partial charge in [-0.25, -0.2) is 4.79 Å². The Morgan fingerprint density at radius 2 is 1.72 bits per heavy atom. The predicted molar refractivity (Wildman–Crippen MR) is 93.4 cm³/mol. The van der Waals surface area contributed by atoms with E-state index in [4.69, 9.17) is 18.9 Å². The van der Waals surface area contributed by atoms with Crippen molar-refractivity contribution in [3.05, 3.63) is 23.8 Å².